The zero-order valence-electron chi connectivity index (χ0n) is 10.9. The highest BCUT2D eigenvalue weighted by Crippen LogP contribution is 2.44. The Bertz CT molecular complexity index is 464. The second kappa shape index (κ2) is 5.41. The molecule has 0 aliphatic carbocycles. The van der Waals surface area contributed by atoms with Crippen molar-refractivity contribution in [1.29, 1.82) is 0 Å². The molecule has 1 aromatic heterocycles. The Morgan fingerprint density at radius 2 is 1.85 bits per heavy atom. The summed E-state index contributed by atoms with van der Waals surface area (Å²) in [5, 5.41) is 3.29. The number of aromatic nitrogens is 1. The Hall–Kier alpha value is -1.01. The summed E-state index contributed by atoms with van der Waals surface area (Å²) in [6, 6.07) is 3.09. The van der Waals surface area contributed by atoms with Crippen LogP contribution in [0.4, 0.5) is 18.9 Å². The number of nitrogens with zero attached hydrogens (tertiary/aromatic N) is 2. The van der Waals surface area contributed by atoms with Gasteiger partial charge in [-0.1, -0.05) is 0 Å². The quantitative estimate of drug-likeness (QED) is 0.864. The van der Waals surface area contributed by atoms with E-state index in [1.165, 1.54) is 12.3 Å². The van der Waals surface area contributed by atoms with E-state index in [1.807, 2.05) is 0 Å². The Labute approximate surface area is 122 Å². The fraction of sp³-hybridized carbons (Fsp3) is 0.615. The topological polar surface area (TPSA) is 28.2 Å². The summed E-state index contributed by atoms with van der Waals surface area (Å²) in [5.41, 5.74) is -0.331. The third-order valence-corrected chi connectivity index (χ3v) is 4.11. The molecule has 2 aliphatic rings. The number of hydrogen-bond donors (Lipinski definition) is 1. The van der Waals surface area contributed by atoms with E-state index >= 15 is 0 Å². The van der Waals surface area contributed by atoms with E-state index in [2.05, 4.69) is 10.3 Å². The first-order chi connectivity index (χ1) is 9.00. The fourth-order valence-electron chi connectivity index (χ4n) is 3.08. The lowest BCUT2D eigenvalue weighted by molar-refractivity contribution is -0.140. The molecule has 0 unspecified atom stereocenters. The van der Waals surface area contributed by atoms with Gasteiger partial charge < -0.3 is 10.2 Å². The van der Waals surface area contributed by atoms with Gasteiger partial charge in [0.05, 0.1) is 5.69 Å². The van der Waals surface area contributed by atoms with Crippen molar-refractivity contribution in [2.24, 2.45) is 5.41 Å². The van der Waals surface area contributed by atoms with E-state index in [9.17, 15) is 13.2 Å². The van der Waals surface area contributed by atoms with Gasteiger partial charge in [-0.05, 0) is 38.1 Å². The van der Waals surface area contributed by atoms with Gasteiger partial charge in [0.15, 0.2) is 5.69 Å². The molecule has 1 spiro atoms. The maximum absolute atomic E-state index is 12.9. The predicted molar refractivity (Wildman–Crippen MR) is 73.2 cm³/mol. The summed E-state index contributed by atoms with van der Waals surface area (Å²) in [7, 11) is 0. The highest BCUT2D eigenvalue weighted by molar-refractivity contribution is 5.85. The molecule has 1 N–H and O–H groups in total. The van der Waals surface area contributed by atoms with Gasteiger partial charge in [0, 0.05) is 24.7 Å². The van der Waals surface area contributed by atoms with Crippen molar-refractivity contribution in [2.75, 3.05) is 31.1 Å². The third-order valence-electron chi connectivity index (χ3n) is 4.11. The molecule has 0 atom stereocenters. The van der Waals surface area contributed by atoms with Crippen molar-refractivity contribution < 1.29 is 13.2 Å². The number of anilines is 1. The van der Waals surface area contributed by atoms with Crippen LogP contribution in [0.5, 0.6) is 0 Å². The van der Waals surface area contributed by atoms with E-state index in [1.54, 1.807) is 11.0 Å². The van der Waals surface area contributed by atoms with Crippen molar-refractivity contribution in [3.63, 3.8) is 0 Å². The zero-order chi connectivity index (χ0) is 13.5. The number of rotatable bonds is 1. The molecule has 2 saturated heterocycles. The molecular formula is C13H17ClF3N3. The van der Waals surface area contributed by atoms with Crippen LogP contribution in [0.2, 0.25) is 0 Å². The van der Waals surface area contributed by atoms with Crippen LogP contribution in [0.1, 0.15) is 18.5 Å². The molecule has 2 aliphatic heterocycles. The van der Waals surface area contributed by atoms with Gasteiger partial charge in [-0.15, -0.1) is 12.4 Å². The summed E-state index contributed by atoms with van der Waals surface area (Å²) >= 11 is 0. The minimum atomic E-state index is -4.38. The molecule has 20 heavy (non-hydrogen) atoms. The molecule has 1 aromatic rings. The van der Waals surface area contributed by atoms with E-state index in [0.29, 0.717) is 13.1 Å². The van der Waals surface area contributed by atoms with E-state index < -0.39 is 11.9 Å². The first-order valence-corrected chi connectivity index (χ1v) is 6.48. The number of hydrogen-bond acceptors (Lipinski definition) is 3. The maximum Gasteiger partial charge on any atom is 0.435 e. The second-order valence-corrected chi connectivity index (χ2v) is 5.47. The second-order valence-electron chi connectivity index (χ2n) is 5.47. The number of pyridine rings is 1. The van der Waals surface area contributed by atoms with Gasteiger partial charge in [0.2, 0.25) is 0 Å². The molecule has 0 saturated carbocycles. The van der Waals surface area contributed by atoms with Crippen LogP contribution in [0.25, 0.3) is 0 Å². The summed E-state index contributed by atoms with van der Waals surface area (Å²) in [4.78, 5) is 5.31. The number of alkyl halides is 3. The minimum Gasteiger partial charge on any atom is -0.369 e. The molecule has 2 fully saturated rings. The summed E-state index contributed by atoms with van der Waals surface area (Å²) in [6.07, 6.45) is -1.09. The highest BCUT2D eigenvalue weighted by atomic mass is 35.5. The molecule has 112 valence electrons. The van der Waals surface area contributed by atoms with Crippen LogP contribution in [0, 0.1) is 5.41 Å². The van der Waals surface area contributed by atoms with Crippen LogP contribution in [0.3, 0.4) is 0 Å². The van der Waals surface area contributed by atoms with Crippen molar-refractivity contribution in [3.05, 3.63) is 24.0 Å². The van der Waals surface area contributed by atoms with Crippen LogP contribution >= 0.6 is 12.4 Å². The Morgan fingerprint density at radius 3 is 2.45 bits per heavy atom. The van der Waals surface area contributed by atoms with Gasteiger partial charge in [-0.25, -0.2) is 4.98 Å². The Balaban J connectivity index is 0.00000147. The largest absolute Gasteiger partial charge is 0.435 e. The molecular weight excluding hydrogens is 291 g/mol. The van der Waals surface area contributed by atoms with Gasteiger partial charge >= 0.3 is 6.18 Å². The molecule has 3 rings (SSSR count). The first-order valence-electron chi connectivity index (χ1n) is 6.48. The van der Waals surface area contributed by atoms with Crippen molar-refractivity contribution in [3.8, 4) is 0 Å². The van der Waals surface area contributed by atoms with Gasteiger partial charge in [-0.3, -0.25) is 0 Å². The SMILES string of the molecule is Cl.FC(F)(F)c1ncccc1N1CC2(CCNCC2)C1. The average molecular weight is 308 g/mol. The zero-order valence-corrected chi connectivity index (χ0v) is 11.7. The summed E-state index contributed by atoms with van der Waals surface area (Å²) in [6.45, 7) is 3.35. The summed E-state index contributed by atoms with van der Waals surface area (Å²) < 4.78 is 38.7. The standard InChI is InChI=1S/C13H16F3N3.ClH/c14-13(15,16)11-10(2-1-5-18-11)19-8-12(9-19)3-6-17-7-4-12;/h1-2,5,17H,3-4,6-9H2;1H. The predicted octanol–water partition coefficient (Wildman–Crippen LogP) is 2.71. The Kier molecular flexibility index (Phi) is 4.16. The molecule has 0 bridgehead atoms. The first kappa shape index (κ1) is 15.4. The lowest BCUT2D eigenvalue weighted by Gasteiger charge is -2.53. The van der Waals surface area contributed by atoms with E-state index in [-0.39, 0.29) is 23.5 Å². The number of piperidine rings is 1. The molecule has 3 nitrogen and oxygen atoms in total. The molecule has 3 heterocycles. The van der Waals surface area contributed by atoms with Gasteiger partial charge in [0.1, 0.15) is 0 Å². The number of nitrogens with one attached hydrogen (secondary N) is 1. The normalized spacial score (nSPS) is 21.2. The van der Waals surface area contributed by atoms with Crippen molar-refractivity contribution in [2.45, 2.75) is 19.0 Å². The molecule has 0 aromatic carbocycles. The minimum absolute atomic E-state index is 0. The maximum atomic E-state index is 12.9. The van der Waals surface area contributed by atoms with Crippen LogP contribution in [-0.4, -0.2) is 31.2 Å². The highest BCUT2D eigenvalue weighted by Gasteiger charge is 2.46. The summed E-state index contributed by atoms with van der Waals surface area (Å²) in [5.74, 6) is 0. The lowest BCUT2D eigenvalue weighted by Crippen LogP contribution is -2.60. The van der Waals surface area contributed by atoms with E-state index in [4.69, 9.17) is 0 Å². The number of halogens is 4. The fourth-order valence-corrected chi connectivity index (χ4v) is 3.08. The van der Waals surface area contributed by atoms with Crippen molar-refractivity contribution in [1.82, 2.24) is 10.3 Å². The smallest absolute Gasteiger partial charge is 0.369 e. The monoisotopic (exact) mass is 307 g/mol. The van der Waals surface area contributed by atoms with Crippen LogP contribution in [0.15, 0.2) is 18.3 Å². The van der Waals surface area contributed by atoms with Gasteiger partial charge in [0.25, 0.3) is 0 Å². The lowest BCUT2D eigenvalue weighted by atomic mass is 9.72. The third kappa shape index (κ3) is 2.72. The Morgan fingerprint density at radius 1 is 1.20 bits per heavy atom. The van der Waals surface area contributed by atoms with Crippen LogP contribution < -0.4 is 10.2 Å². The molecule has 7 heteroatoms. The van der Waals surface area contributed by atoms with Crippen molar-refractivity contribution >= 4 is 18.1 Å². The van der Waals surface area contributed by atoms with Gasteiger partial charge in [-0.2, -0.15) is 13.2 Å². The molecule has 0 amide bonds. The molecule has 0 radical (unpaired) electrons. The average Bonchev–Trinajstić information content (AvgIpc) is 2.36. The van der Waals surface area contributed by atoms with Crippen LogP contribution in [-0.2, 0) is 6.18 Å². The van der Waals surface area contributed by atoms with E-state index in [0.717, 1.165) is 25.9 Å².